The van der Waals surface area contributed by atoms with Crippen LogP contribution in [0.1, 0.15) is 18.5 Å². The zero-order chi connectivity index (χ0) is 16.2. The topological polar surface area (TPSA) is 29.0 Å². The minimum absolute atomic E-state index is 0.421. The van der Waals surface area contributed by atoms with E-state index in [0.717, 1.165) is 11.1 Å². The van der Waals surface area contributed by atoms with Crippen LogP contribution in [0.3, 0.4) is 0 Å². The lowest BCUT2D eigenvalue weighted by molar-refractivity contribution is 0.321. The molecule has 3 nitrogen and oxygen atoms in total. The van der Waals surface area contributed by atoms with Gasteiger partial charge in [0, 0.05) is 24.0 Å². The lowest BCUT2D eigenvalue weighted by atomic mass is 9.99. The summed E-state index contributed by atoms with van der Waals surface area (Å²) in [5.74, 6) is 0. The van der Waals surface area contributed by atoms with Crippen molar-refractivity contribution in [2.75, 3.05) is 14.1 Å². The molecule has 0 aliphatic heterocycles. The summed E-state index contributed by atoms with van der Waals surface area (Å²) in [6, 6.07) is 17.7. The van der Waals surface area contributed by atoms with Crippen molar-refractivity contribution < 1.29 is 0 Å². The Kier molecular flexibility index (Phi) is 4.49. The van der Waals surface area contributed by atoms with E-state index in [9.17, 15) is 0 Å². The van der Waals surface area contributed by atoms with Crippen LogP contribution in [0.15, 0.2) is 67.3 Å². The first-order valence-corrected chi connectivity index (χ1v) is 7.77. The Morgan fingerprint density at radius 3 is 1.61 bits per heavy atom. The Hall–Kier alpha value is -2.52. The van der Waals surface area contributed by atoms with Gasteiger partial charge in [0.15, 0.2) is 0 Å². The van der Waals surface area contributed by atoms with Crippen molar-refractivity contribution >= 4 is 0 Å². The molecule has 0 unspecified atom stereocenters. The van der Waals surface area contributed by atoms with Crippen LogP contribution in [0, 0.1) is 0 Å². The SMILES string of the molecule is C[C@@H](c1ccc(-c2ccc(-c3cncnc3)cc2)cc1)N(C)C. The van der Waals surface area contributed by atoms with Gasteiger partial charge in [-0.05, 0) is 43.3 Å². The largest absolute Gasteiger partial charge is 0.303 e. The maximum absolute atomic E-state index is 4.07. The fourth-order valence-corrected chi connectivity index (χ4v) is 2.56. The summed E-state index contributed by atoms with van der Waals surface area (Å²) in [4.78, 5) is 10.3. The van der Waals surface area contributed by atoms with Gasteiger partial charge in [0.25, 0.3) is 0 Å². The van der Waals surface area contributed by atoms with E-state index in [4.69, 9.17) is 0 Å². The first kappa shape index (κ1) is 15.4. The third kappa shape index (κ3) is 3.46. The monoisotopic (exact) mass is 303 g/mol. The second kappa shape index (κ2) is 6.71. The molecule has 1 atom stereocenters. The Morgan fingerprint density at radius 1 is 0.696 bits per heavy atom. The Balaban J connectivity index is 1.82. The molecule has 0 aliphatic carbocycles. The van der Waals surface area contributed by atoms with Crippen LogP contribution < -0.4 is 0 Å². The summed E-state index contributed by atoms with van der Waals surface area (Å²) in [5.41, 5.74) is 5.95. The van der Waals surface area contributed by atoms with E-state index < -0.39 is 0 Å². The normalized spacial score (nSPS) is 12.3. The molecule has 0 fully saturated rings. The van der Waals surface area contributed by atoms with Crippen LogP contribution in [0.5, 0.6) is 0 Å². The minimum Gasteiger partial charge on any atom is -0.303 e. The van der Waals surface area contributed by atoms with Crippen molar-refractivity contribution in [1.82, 2.24) is 14.9 Å². The van der Waals surface area contributed by atoms with E-state index in [0.29, 0.717) is 6.04 Å². The molecule has 2 aromatic carbocycles. The summed E-state index contributed by atoms with van der Waals surface area (Å²) in [6.07, 6.45) is 5.22. The van der Waals surface area contributed by atoms with Crippen molar-refractivity contribution in [3.63, 3.8) is 0 Å². The molecule has 0 spiro atoms. The molecular formula is C20H21N3. The molecule has 0 saturated carbocycles. The Labute approximate surface area is 137 Å². The van der Waals surface area contributed by atoms with Gasteiger partial charge >= 0.3 is 0 Å². The van der Waals surface area contributed by atoms with Gasteiger partial charge in [-0.2, -0.15) is 0 Å². The zero-order valence-corrected chi connectivity index (χ0v) is 13.8. The predicted octanol–water partition coefficient (Wildman–Crippen LogP) is 4.43. The minimum atomic E-state index is 0.421. The molecule has 0 saturated heterocycles. The quantitative estimate of drug-likeness (QED) is 0.714. The van der Waals surface area contributed by atoms with Crippen LogP contribution in [0.4, 0.5) is 0 Å². The highest BCUT2D eigenvalue weighted by Gasteiger charge is 2.07. The smallest absolute Gasteiger partial charge is 0.115 e. The highest BCUT2D eigenvalue weighted by atomic mass is 15.1. The second-order valence-electron chi connectivity index (χ2n) is 5.97. The van der Waals surface area contributed by atoms with Crippen LogP contribution in [-0.2, 0) is 0 Å². The van der Waals surface area contributed by atoms with E-state index >= 15 is 0 Å². The molecule has 3 rings (SSSR count). The van der Waals surface area contributed by atoms with Gasteiger partial charge in [-0.1, -0.05) is 48.5 Å². The van der Waals surface area contributed by atoms with Crippen LogP contribution in [0.2, 0.25) is 0 Å². The molecule has 0 amide bonds. The molecule has 0 N–H and O–H groups in total. The van der Waals surface area contributed by atoms with Gasteiger partial charge in [-0.3, -0.25) is 0 Å². The molecule has 3 aromatic rings. The van der Waals surface area contributed by atoms with Crippen LogP contribution in [0.25, 0.3) is 22.3 Å². The number of benzene rings is 2. The number of aromatic nitrogens is 2. The Bertz CT molecular complexity index is 747. The van der Waals surface area contributed by atoms with Crippen molar-refractivity contribution in [1.29, 1.82) is 0 Å². The second-order valence-corrected chi connectivity index (χ2v) is 5.97. The molecule has 1 aromatic heterocycles. The first-order chi connectivity index (χ1) is 11.1. The summed E-state index contributed by atoms with van der Waals surface area (Å²) >= 11 is 0. The van der Waals surface area contributed by atoms with E-state index in [1.165, 1.54) is 16.7 Å². The third-order valence-electron chi connectivity index (χ3n) is 4.28. The molecule has 1 heterocycles. The summed E-state index contributed by atoms with van der Waals surface area (Å²) in [6.45, 7) is 2.21. The average Bonchev–Trinajstić information content (AvgIpc) is 2.62. The van der Waals surface area contributed by atoms with Crippen molar-refractivity contribution in [3.8, 4) is 22.3 Å². The molecule has 0 radical (unpaired) electrons. The molecule has 0 bridgehead atoms. The molecular weight excluding hydrogens is 282 g/mol. The van der Waals surface area contributed by atoms with Crippen molar-refractivity contribution in [2.24, 2.45) is 0 Å². The number of hydrogen-bond acceptors (Lipinski definition) is 3. The van der Waals surface area contributed by atoms with Gasteiger partial charge in [0.1, 0.15) is 6.33 Å². The number of hydrogen-bond donors (Lipinski definition) is 0. The van der Waals surface area contributed by atoms with E-state index in [1.807, 2.05) is 12.4 Å². The van der Waals surface area contributed by atoms with Gasteiger partial charge in [0.05, 0.1) is 0 Å². The number of rotatable bonds is 4. The highest BCUT2D eigenvalue weighted by Crippen LogP contribution is 2.26. The lowest BCUT2D eigenvalue weighted by Crippen LogP contribution is -2.16. The molecule has 3 heteroatoms. The van der Waals surface area contributed by atoms with Gasteiger partial charge in [-0.25, -0.2) is 9.97 Å². The third-order valence-corrected chi connectivity index (χ3v) is 4.28. The average molecular weight is 303 g/mol. The number of nitrogens with zero attached hydrogens (tertiary/aromatic N) is 3. The van der Waals surface area contributed by atoms with Crippen LogP contribution >= 0.6 is 0 Å². The van der Waals surface area contributed by atoms with Crippen LogP contribution in [-0.4, -0.2) is 29.0 Å². The van der Waals surface area contributed by atoms with E-state index in [1.54, 1.807) is 6.33 Å². The van der Waals surface area contributed by atoms with Crippen molar-refractivity contribution in [3.05, 3.63) is 72.8 Å². The molecule has 0 aliphatic rings. The maximum Gasteiger partial charge on any atom is 0.115 e. The molecule has 23 heavy (non-hydrogen) atoms. The predicted molar refractivity (Wildman–Crippen MR) is 95.0 cm³/mol. The van der Waals surface area contributed by atoms with Gasteiger partial charge in [-0.15, -0.1) is 0 Å². The zero-order valence-electron chi connectivity index (χ0n) is 13.8. The summed E-state index contributed by atoms with van der Waals surface area (Å²) in [7, 11) is 4.20. The molecule has 116 valence electrons. The summed E-state index contributed by atoms with van der Waals surface area (Å²) in [5, 5.41) is 0. The fourth-order valence-electron chi connectivity index (χ4n) is 2.56. The fraction of sp³-hybridized carbons (Fsp3) is 0.200. The highest BCUT2D eigenvalue weighted by molar-refractivity contribution is 5.69. The van der Waals surface area contributed by atoms with E-state index in [2.05, 4.69) is 84.4 Å². The first-order valence-electron chi connectivity index (χ1n) is 7.77. The Morgan fingerprint density at radius 2 is 1.13 bits per heavy atom. The standard InChI is InChI=1S/C20H21N3/c1-15(23(2)3)16-4-6-17(7-5-16)18-8-10-19(11-9-18)20-12-21-14-22-13-20/h4-15H,1-3H3/t15-/m0/s1. The van der Waals surface area contributed by atoms with E-state index in [-0.39, 0.29) is 0 Å². The maximum atomic E-state index is 4.07. The van der Waals surface area contributed by atoms with Gasteiger partial charge in [0.2, 0.25) is 0 Å². The van der Waals surface area contributed by atoms with Crippen molar-refractivity contribution in [2.45, 2.75) is 13.0 Å². The van der Waals surface area contributed by atoms with Gasteiger partial charge < -0.3 is 4.90 Å². The lowest BCUT2D eigenvalue weighted by Gasteiger charge is -2.20. The summed E-state index contributed by atoms with van der Waals surface area (Å²) < 4.78 is 0.